The van der Waals surface area contributed by atoms with Gasteiger partial charge in [0.15, 0.2) is 6.54 Å². The van der Waals surface area contributed by atoms with Gasteiger partial charge in [-0.1, -0.05) is 24.3 Å². The number of nitrogens with one attached hydrogen (secondary N) is 2. The minimum atomic E-state index is 0.0688. The number of aryl methyl sites for hydroxylation is 2. The van der Waals surface area contributed by atoms with Crippen LogP contribution in [0.15, 0.2) is 35.7 Å². The highest BCUT2D eigenvalue weighted by Gasteiger charge is 2.16. The quantitative estimate of drug-likeness (QED) is 0.830. The van der Waals surface area contributed by atoms with Crippen LogP contribution in [0.3, 0.4) is 0 Å². The Balaban J connectivity index is 1.54. The Bertz CT molecular complexity index is 681. The third kappa shape index (κ3) is 4.46. The highest BCUT2D eigenvalue weighted by molar-refractivity contribution is 7.09. The fraction of sp³-hybridized carbons (Fsp3) is 0.450. The fourth-order valence-corrected chi connectivity index (χ4v) is 4.26. The number of likely N-dealkylation sites (N-methyl/N-ethyl adjacent to an activating group) is 1. The normalized spacial score (nSPS) is 16.2. The summed E-state index contributed by atoms with van der Waals surface area (Å²) in [6, 6.07) is 11.0. The fourth-order valence-electron chi connectivity index (χ4n) is 3.45. The van der Waals surface area contributed by atoms with Crippen LogP contribution in [0, 0.1) is 0 Å². The Morgan fingerprint density at radius 3 is 2.79 bits per heavy atom. The maximum atomic E-state index is 12.3. The molecule has 0 fully saturated rings. The first-order valence-corrected chi connectivity index (χ1v) is 9.74. The number of hydrogen-bond donors (Lipinski definition) is 2. The third-order valence-corrected chi connectivity index (χ3v) is 5.64. The Morgan fingerprint density at radius 2 is 2.04 bits per heavy atom. The van der Waals surface area contributed by atoms with Crippen molar-refractivity contribution in [1.29, 1.82) is 0 Å². The first-order chi connectivity index (χ1) is 11.6. The van der Waals surface area contributed by atoms with Gasteiger partial charge in [-0.3, -0.25) is 4.79 Å². The van der Waals surface area contributed by atoms with Crippen molar-refractivity contribution in [2.45, 2.75) is 45.2 Å². The molecule has 24 heavy (non-hydrogen) atoms. The van der Waals surface area contributed by atoms with Gasteiger partial charge in [-0.15, -0.1) is 11.3 Å². The minimum Gasteiger partial charge on any atom is -0.345 e. The summed E-state index contributed by atoms with van der Waals surface area (Å²) in [4.78, 5) is 14.9. The lowest BCUT2D eigenvalue weighted by atomic mass is 9.89. The largest absolute Gasteiger partial charge is 0.345 e. The van der Waals surface area contributed by atoms with E-state index in [-0.39, 0.29) is 11.9 Å². The van der Waals surface area contributed by atoms with Crippen LogP contribution >= 0.6 is 11.3 Å². The topological polar surface area (TPSA) is 33.5 Å². The molecule has 1 aliphatic rings. The van der Waals surface area contributed by atoms with Crippen LogP contribution in [0.25, 0.3) is 0 Å². The monoisotopic (exact) mass is 343 g/mol. The van der Waals surface area contributed by atoms with Crippen LogP contribution in [0.1, 0.15) is 47.4 Å². The number of amides is 1. The van der Waals surface area contributed by atoms with Crippen molar-refractivity contribution >= 4 is 17.2 Å². The van der Waals surface area contributed by atoms with E-state index in [1.54, 1.807) is 11.3 Å². The summed E-state index contributed by atoms with van der Waals surface area (Å²) in [6.45, 7) is 3.49. The number of fused-ring (bicyclic) bond motifs is 1. The molecule has 4 heteroatoms. The molecule has 1 heterocycles. The van der Waals surface area contributed by atoms with E-state index in [2.05, 4.69) is 55.0 Å². The van der Waals surface area contributed by atoms with E-state index in [4.69, 9.17) is 0 Å². The van der Waals surface area contributed by atoms with Crippen molar-refractivity contribution in [3.8, 4) is 0 Å². The zero-order chi connectivity index (χ0) is 16.9. The van der Waals surface area contributed by atoms with Crippen molar-refractivity contribution in [3.05, 3.63) is 57.3 Å². The predicted molar refractivity (Wildman–Crippen MR) is 99.4 cm³/mol. The van der Waals surface area contributed by atoms with Gasteiger partial charge >= 0.3 is 0 Å². The SMILES string of the molecule is C[C@@H](NC(=O)C[NH+](C)Cc1cccs1)c1ccc2c(c1)CCCC2. The first kappa shape index (κ1) is 17.2. The van der Waals surface area contributed by atoms with Gasteiger partial charge < -0.3 is 10.2 Å². The lowest BCUT2D eigenvalue weighted by Crippen LogP contribution is -3.08. The Hall–Kier alpha value is -1.65. The molecule has 2 atom stereocenters. The van der Waals surface area contributed by atoms with Crippen LogP contribution in [0.2, 0.25) is 0 Å². The number of benzene rings is 1. The number of rotatable bonds is 6. The highest BCUT2D eigenvalue weighted by Crippen LogP contribution is 2.24. The van der Waals surface area contributed by atoms with Crippen molar-refractivity contribution in [3.63, 3.8) is 0 Å². The molecular formula is C20H27N2OS+. The van der Waals surface area contributed by atoms with Gasteiger partial charge in [0.05, 0.1) is 18.0 Å². The lowest BCUT2D eigenvalue weighted by Gasteiger charge is -2.20. The summed E-state index contributed by atoms with van der Waals surface area (Å²) in [5.41, 5.74) is 4.18. The standard InChI is InChI=1S/C20H26N2OS/c1-15(17-10-9-16-6-3-4-7-18(16)12-17)21-20(23)14-22(2)13-19-8-5-11-24-19/h5,8-12,15H,3-4,6-7,13-14H2,1-2H3,(H,21,23)/p+1/t15-/m1/s1. The maximum Gasteiger partial charge on any atom is 0.275 e. The molecule has 1 unspecified atom stereocenters. The van der Waals surface area contributed by atoms with Crippen LogP contribution in [0.5, 0.6) is 0 Å². The summed E-state index contributed by atoms with van der Waals surface area (Å²) < 4.78 is 0. The van der Waals surface area contributed by atoms with Crippen molar-refractivity contribution in [1.82, 2.24) is 5.32 Å². The molecule has 0 spiro atoms. The van der Waals surface area contributed by atoms with E-state index in [1.165, 1.54) is 52.2 Å². The highest BCUT2D eigenvalue weighted by atomic mass is 32.1. The van der Waals surface area contributed by atoms with Crippen molar-refractivity contribution < 1.29 is 9.69 Å². The molecule has 0 saturated carbocycles. The average molecular weight is 344 g/mol. The summed E-state index contributed by atoms with van der Waals surface area (Å²) >= 11 is 1.75. The third-order valence-electron chi connectivity index (χ3n) is 4.77. The van der Waals surface area contributed by atoms with E-state index in [9.17, 15) is 4.79 Å². The molecule has 0 aliphatic heterocycles. The van der Waals surface area contributed by atoms with E-state index in [1.807, 2.05) is 0 Å². The predicted octanol–water partition coefficient (Wildman–Crippen LogP) is 2.52. The van der Waals surface area contributed by atoms with E-state index in [0.717, 1.165) is 6.54 Å². The zero-order valence-corrected chi connectivity index (χ0v) is 15.4. The molecule has 1 aliphatic carbocycles. The van der Waals surface area contributed by atoms with Crippen LogP contribution in [-0.2, 0) is 24.2 Å². The Morgan fingerprint density at radius 1 is 1.25 bits per heavy atom. The molecule has 3 nitrogen and oxygen atoms in total. The molecule has 1 aromatic carbocycles. The van der Waals surface area contributed by atoms with Crippen LogP contribution in [0.4, 0.5) is 0 Å². The molecule has 1 amide bonds. The molecular weight excluding hydrogens is 316 g/mol. The van der Waals surface area contributed by atoms with Crippen LogP contribution in [-0.4, -0.2) is 19.5 Å². The average Bonchev–Trinajstić information content (AvgIpc) is 3.06. The summed E-state index contributed by atoms with van der Waals surface area (Å²) in [5.74, 6) is 0.120. The second-order valence-electron chi connectivity index (χ2n) is 6.91. The van der Waals surface area contributed by atoms with Gasteiger partial charge in [0.1, 0.15) is 6.54 Å². The molecule has 3 rings (SSSR count). The van der Waals surface area contributed by atoms with Crippen LogP contribution < -0.4 is 10.2 Å². The summed E-state index contributed by atoms with van der Waals surface area (Å²) in [5, 5.41) is 5.24. The molecule has 2 N–H and O–H groups in total. The van der Waals surface area contributed by atoms with Gasteiger partial charge in [0, 0.05) is 0 Å². The van der Waals surface area contributed by atoms with Crippen molar-refractivity contribution in [2.75, 3.05) is 13.6 Å². The molecule has 0 saturated heterocycles. The number of hydrogen-bond acceptors (Lipinski definition) is 2. The first-order valence-electron chi connectivity index (χ1n) is 8.86. The number of quaternary nitrogens is 1. The number of carbonyl (C=O) groups excluding carboxylic acids is 1. The smallest absolute Gasteiger partial charge is 0.275 e. The minimum absolute atomic E-state index is 0.0688. The summed E-state index contributed by atoms with van der Waals surface area (Å²) in [6.07, 6.45) is 4.97. The second kappa shape index (κ2) is 7.95. The van der Waals surface area contributed by atoms with E-state index in [0.29, 0.717) is 6.54 Å². The van der Waals surface area contributed by atoms with Crippen molar-refractivity contribution in [2.24, 2.45) is 0 Å². The van der Waals surface area contributed by atoms with Gasteiger partial charge in [0.2, 0.25) is 0 Å². The van der Waals surface area contributed by atoms with Gasteiger partial charge in [0.25, 0.3) is 5.91 Å². The zero-order valence-electron chi connectivity index (χ0n) is 14.6. The number of carbonyl (C=O) groups is 1. The summed E-state index contributed by atoms with van der Waals surface area (Å²) in [7, 11) is 2.07. The molecule has 0 bridgehead atoms. The molecule has 0 radical (unpaired) electrons. The molecule has 128 valence electrons. The van der Waals surface area contributed by atoms with E-state index >= 15 is 0 Å². The lowest BCUT2D eigenvalue weighted by molar-refractivity contribution is -0.885. The number of thiophene rings is 1. The molecule has 1 aromatic heterocycles. The Labute approximate surface area is 148 Å². The van der Waals surface area contributed by atoms with Gasteiger partial charge in [-0.25, -0.2) is 0 Å². The maximum absolute atomic E-state index is 12.3. The Kier molecular flexibility index (Phi) is 5.69. The van der Waals surface area contributed by atoms with E-state index < -0.39 is 0 Å². The second-order valence-corrected chi connectivity index (χ2v) is 7.95. The van der Waals surface area contributed by atoms with Gasteiger partial charge in [-0.05, 0) is 60.7 Å². The van der Waals surface area contributed by atoms with Gasteiger partial charge in [-0.2, -0.15) is 0 Å². The molecule has 2 aromatic rings.